The molecular formula is C12H15N3O3S. The van der Waals surface area contributed by atoms with Gasteiger partial charge in [0, 0.05) is 18.8 Å². The minimum atomic E-state index is -3.53. The van der Waals surface area contributed by atoms with Gasteiger partial charge in [-0.25, -0.2) is 13.1 Å². The van der Waals surface area contributed by atoms with Gasteiger partial charge in [-0.05, 0) is 31.2 Å². The van der Waals surface area contributed by atoms with E-state index in [-0.39, 0.29) is 11.4 Å². The van der Waals surface area contributed by atoms with Crippen molar-refractivity contribution in [1.29, 1.82) is 0 Å². The first-order chi connectivity index (χ1) is 9.01. The number of aryl methyl sites for hydroxylation is 1. The highest BCUT2D eigenvalue weighted by Crippen LogP contribution is 2.13. The van der Waals surface area contributed by atoms with E-state index in [2.05, 4.69) is 15.2 Å². The summed E-state index contributed by atoms with van der Waals surface area (Å²) < 4.78 is 31.4. The van der Waals surface area contributed by atoms with Crippen molar-refractivity contribution < 1.29 is 12.9 Å². The molecule has 2 N–H and O–H groups in total. The zero-order valence-corrected chi connectivity index (χ0v) is 11.5. The molecule has 2 rings (SSSR count). The molecule has 1 aromatic carbocycles. The molecule has 0 radical (unpaired) electrons. The van der Waals surface area contributed by atoms with E-state index in [1.165, 1.54) is 0 Å². The molecule has 0 saturated carbocycles. The first-order valence-corrected chi connectivity index (χ1v) is 7.19. The molecule has 0 fully saturated rings. The van der Waals surface area contributed by atoms with Gasteiger partial charge in [-0.3, -0.25) is 0 Å². The lowest BCUT2D eigenvalue weighted by Gasteiger charge is -2.06. The normalized spacial score (nSPS) is 11.5. The summed E-state index contributed by atoms with van der Waals surface area (Å²) in [6.45, 7) is 1.86. The molecule has 6 nitrogen and oxygen atoms in total. The monoisotopic (exact) mass is 281 g/mol. The Balaban J connectivity index is 2.09. The van der Waals surface area contributed by atoms with Gasteiger partial charge in [0.15, 0.2) is 0 Å². The third kappa shape index (κ3) is 3.33. The zero-order valence-electron chi connectivity index (χ0n) is 10.7. The highest BCUT2D eigenvalue weighted by molar-refractivity contribution is 7.89. The van der Waals surface area contributed by atoms with Gasteiger partial charge in [0.25, 0.3) is 0 Å². The molecule has 2 aromatic rings. The molecule has 0 amide bonds. The van der Waals surface area contributed by atoms with Crippen LogP contribution >= 0.6 is 0 Å². The topological polar surface area (TPSA) is 84.2 Å². The standard InChI is InChI=1S/C12H15N3O3S/c1-9-7-11(15-18-9)8-14-19(16,17)12-5-3-10(13-2)4-6-12/h3-7,13-14H,8H2,1-2H3. The number of aromatic nitrogens is 1. The summed E-state index contributed by atoms with van der Waals surface area (Å²) in [7, 11) is -1.76. The molecular weight excluding hydrogens is 266 g/mol. The minimum absolute atomic E-state index is 0.105. The van der Waals surface area contributed by atoms with Crippen molar-refractivity contribution in [2.75, 3.05) is 12.4 Å². The Morgan fingerprint density at radius 3 is 2.47 bits per heavy atom. The lowest BCUT2D eigenvalue weighted by Crippen LogP contribution is -2.23. The molecule has 1 aromatic heterocycles. The van der Waals surface area contributed by atoms with Crippen molar-refractivity contribution in [3.8, 4) is 0 Å². The summed E-state index contributed by atoms with van der Waals surface area (Å²) in [5.41, 5.74) is 1.40. The highest BCUT2D eigenvalue weighted by Gasteiger charge is 2.14. The summed E-state index contributed by atoms with van der Waals surface area (Å²) in [4.78, 5) is 0.215. The van der Waals surface area contributed by atoms with E-state index in [0.717, 1.165) is 5.69 Å². The quantitative estimate of drug-likeness (QED) is 0.867. The summed E-state index contributed by atoms with van der Waals surface area (Å²) in [5.74, 6) is 0.646. The lowest BCUT2D eigenvalue weighted by molar-refractivity contribution is 0.390. The van der Waals surface area contributed by atoms with Crippen LogP contribution in [-0.2, 0) is 16.6 Å². The predicted molar refractivity (Wildman–Crippen MR) is 71.3 cm³/mol. The second-order valence-electron chi connectivity index (χ2n) is 4.03. The van der Waals surface area contributed by atoms with Gasteiger partial charge in [-0.15, -0.1) is 0 Å². The third-order valence-corrected chi connectivity index (χ3v) is 3.99. The van der Waals surface area contributed by atoms with Crippen molar-refractivity contribution in [3.05, 3.63) is 41.8 Å². The second-order valence-corrected chi connectivity index (χ2v) is 5.79. The van der Waals surface area contributed by atoms with Gasteiger partial charge in [0.2, 0.25) is 10.0 Å². The summed E-state index contributed by atoms with van der Waals surface area (Å²) in [5, 5.41) is 6.66. The Hall–Kier alpha value is -1.86. The van der Waals surface area contributed by atoms with Gasteiger partial charge in [-0.1, -0.05) is 5.16 Å². The number of hydrogen-bond donors (Lipinski definition) is 2. The number of nitrogens with one attached hydrogen (secondary N) is 2. The number of benzene rings is 1. The van der Waals surface area contributed by atoms with E-state index < -0.39 is 10.0 Å². The van der Waals surface area contributed by atoms with Crippen LogP contribution in [0.15, 0.2) is 39.8 Å². The van der Waals surface area contributed by atoms with Crippen LogP contribution in [0.3, 0.4) is 0 Å². The fourth-order valence-electron chi connectivity index (χ4n) is 1.55. The molecule has 1 heterocycles. The molecule has 0 aliphatic heterocycles. The van der Waals surface area contributed by atoms with Crippen LogP contribution in [-0.4, -0.2) is 20.6 Å². The van der Waals surface area contributed by atoms with E-state index in [0.29, 0.717) is 11.5 Å². The molecule has 0 spiro atoms. The van der Waals surface area contributed by atoms with Crippen LogP contribution in [0.2, 0.25) is 0 Å². The molecule has 0 aliphatic carbocycles. The number of sulfonamides is 1. The summed E-state index contributed by atoms with van der Waals surface area (Å²) in [6, 6.07) is 8.18. The van der Waals surface area contributed by atoms with Crippen molar-refractivity contribution in [2.24, 2.45) is 0 Å². The first-order valence-electron chi connectivity index (χ1n) is 5.71. The van der Waals surface area contributed by atoms with Crippen LogP contribution in [0.25, 0.3) is 0 Å². The Labute approximate surface area is 111 Å². The number of hydrogen-bond acceptors (Lipinski definition) is 5. The first kappa shape index (κ1) is 13.6. The SMILES string of the molecule is CNc1ccc(S(=O)(=O)NCc2cc(C)on2)cc1. The van der Waals surface area contributed by atoms with Crippen LogP contribution < -0.4 is 10.0 Å². The molecule has 7 heteroatoms. The van der Waals surface area contributed by atoms with Gasteiger partial charge in [0.05, 0.1) is 17.1 Å². The maximum atomic E-state index is 12.0. The minimum Gasteiger partial charge on any atom is -0.388 e. The Bertz CT molecular complexity index is 647. The average Bonchev–Trinajstić information content (AvgIpc) is 2.82. The molecule has 19 heavy (non-hydrogen) atoms. The van der Waals surface area contributed by atoms with Crippen LogP contribution in [0.4, 0.5) is 5.69 Å². The predicted octanol–water partition coefficient (Wildman–Crippen LogP) is 1.50. The maximum Gasteiger partial charge on any atom is 0.240 e. The van der Waals surface area contributed by atoms with Gasteiger partial charge in [0.1, 0.15) is 5.76 Å². The summed E-state index contributed by atoms with van der Waals surface area (Å²) in [6.07, 6.45) is 0. The van der Waals surface area contributed by atoms with Gasteiger partial charge >= 0.3 is 0 Å². The number of anilines is 1. The van der Waals surface area contributed by atoms with E-state index in [1.807, 2.05) is 0 Å². The van der Waals surface area contributed by atoms with Gasteiger partial charge < -0.3 is 9.84 Å². The number of nitrogens with zero attached hydrogens (tertiary/aromatic N) is 1. The smallest absolute Gasteiger partial charge is 0.240 e. The van der Waals surface area contributed by atoms with E-state index in [9.17, 15) is 8.42 Å². The zero-order chi connectivity index (χ0) is 13.9. The third-order valence-electron chi connectivity index (χ3n) is 2.57. The van der Waals surface area contributed by atoms with Crippen molar-refractivity contribution in [1.82, 2.24) is 9.88 Å². The molecule has 102 valence electrons. The average molecular weight is 281 g/mol. The Morgan fingerprint density at radius 2 is 1.95 bits per heavy atom. The fourth-order valence-corrected chi connectivity index (χ4v) is 2.55. The molecule has 0 bridgehead atoms. The molecule has 0 atom stereocenters. The van der Waals surface area contributed by atoms with E-state index in [4.69, 9.17) is 4.52 Å². The van der Waals surface area contributed by atoms with Crippen molar-refractivity contribution in [3.63, 3.8) is 0 Å². The largest absolute Gasteiger partial charge is 0.388 e. The summed E-state index contributed by atoms with van der Waals surface area (Å²) >= 11 is 0. The highest BCUT2D eigenvalue weighted by atomic mass is 32.2. The number of rotatable bonds is 5. The molecule has 0 unspecified atom stereocenters. The van der Waals surface area contributed by atoms with Gasteiger partial charge in [-0.2, -0.15) is 0 Å². The van der Waals surface area contributed by atoms with Crippen molar-refractivity contribution in [2.45, 2.75) is 18.4 Å². The van der Waals surface area contributed by atoms with Crippen molar-refractivity contribution >= 4 is 15.7 Å². The Kier molecular flexibility index (Phi) is 3.87. The maximum absolute atomic E-state index is 12.0. The van der Waals surface area contributed by atoms with E-state index >= 15 is 0 Å². The fraction of sp³-hybridized carbons (Fsp3) is 0.250. The van der Waals surface area contributed by atoms with Crippen LogP contribution in [0, 0.1) is 6.92 Å². The van der Waals surface area contributed by atoms with Crippen LogP contribution in [0.5, 0.6) is 0 Å². The van der Waals surface area contributed by atoms with Crippen LogP contribution in [0.1, 0.15) is 11.5 Å². The second kappa shape index (κ2) is 5.41. The van der Waals surface area contributed by atoms with E-state index in [1.54, 1.807) is 44.3 Å². The lowest BCUT2D eigenvalue weighted by atomic mass is 10.3. The molecule has 0 aliphatic rings. The molecule has 0 saturated heterocycles. The Morgan fingerprint density at radius 1 is 1.26 bits per heavy atom.